The number of nitrogens with zero attached hydrogens (tertiary/aromatic N) is 1. The van der Waals surface area contributed by atoms with Gasteiger partial charge in [0.1, 0.15) is 5.02 Å². The zero-order valence-electron chi connectivity index (χ0n) is 9.88. The number of hydrogen-bond acceptors (Lipinski definition) is 4. The van der Waals surface area contributed by atoms with Crippen LogP contribution in [-0.4, -0.2) is 10.7 Å². The third kappa shape index (κ3) is 3.53. The van der Waals surface area contributed by atoms with Gasteiger partial charge in [-0.1, -0.05) is 17.7 Å². The molecule has 0 fully saturated rings. The predicted molar refractivity (Wildman–Crippen MR) is 83.5 cm³/mol. The van der Waals surface area contributed by atoms with E-state index in [1.807, 2.05) is 11.4 Å². The van der Waals surface area contributed by atoms with E-state index in [1.54, 1.807) is 6.08 Å². The summed E-state index contributed by atoms with van der Waals surface area (Å²) >= 11 is 10.5. The lowest BCUT2D eigenvalue weighted by atomic mass is 10.1. The number of benzene rings is 1. The summed E-state index contributed by atoms with van der Waals surface area (Å²) in [6, 6.07) is 5.87. The third-order valence-corrected chi connectivity index (χ3v) is 4.28. The van der Waals surface area contributed by atoms with Gasteiger partial charge in [-0.3, -0.25) is 14.9 Å². The van der Waals surface area contributed by atoms with E-state index < -0.39 is 4.92 Å². The Bertz CT molecular complexity index is 711. The maximum Gasteiger partial charge on any atom is 0.288 e. The highest BCUT2D eigenvalue weighted by Crippen LogP contribution is 2.26. The molecule has 0 N–H and O–H groups in total. The predicted octanol–water partition coefficient (Wildman–Crippen LogP) is 4.97. The number of carbonyl (C=O) groups excluding carboxylic acids is 1. The normalized spacial score (nSPS) is 10.9. The van der Waals surface area contributed by atoms with Crippen LogP contribution in [0.2, 0.25) is 5.02 Å². The first-order valence-electron chi connectivity index (χ1n) is 5.38. The van der Waals surface area contributed by atoms with Gasteiger partial charge in [0.15, 0.2) is 5.78 Å². The van der Waals surface area contributed by atoms with Gasteiger partial charge in [0, 0.05) is 11.6 Å². The number of thiophene rings is 1. The fourth-order valence-corrected chi connectivity index (χ4v) is 2.82. The summed E-state index contributed by atoms with van der Waals surface area (Å²) in [5.41, 5.74) is 0.842. The molecule has 0 saturated carbocycles. The second kappa shape index (κ2) is 6.30. The molecule has 2 rings (SSSR count). The van der Waals surface area contributed by atoms with Crippen LogP contribution in [0.25, 0.3) is 6.08 Å². The Morgan fingerprint density at radius 3 is 2.75 bits per heavy atom. The average molecular weight is 373 g/mol. The summed E-state index contributed by atoms with van der Waals surface area (Å²) in [6.45, 7) is 0. The molecule has 4 nitrogen and oxygen atoms in total. The topological polar surface area (TPSA) is 60.2 Å². The van der Waals surface area contributed by atoms with Crippen LogP contribution in [0.3, 0.4) is 0 Å². The van der Waals surface area contributed by atoms with Gasteiger partial charge in [0.2, 0.25) is 0 Å². The lowest BCUT2D eigenvalue weighted by Crippen LogP contribution is -1.97. The Balaban J connectivity index is 2.23. The Labute approximate surface area is 132 Å². The standard InChI is InChI=1S/C13H7BrClNO3S/c14-13-5-8(7-20-13)1-4-12(17)9-2-3-10(15)11(6-9)16(18)19/h1-7H/b4-1+. The van der Waals surface area contributed by atoms with Crippen LogP contribution in [0.4, 0.5) is 5.69 Å². The summed E-state index contributed by atoms with van der Waals surface area (Å²) in [5.74, 6) is -0.313. The first-order chi connectivity index (χ1) is 9.47. The number of ketones is 1. The summed E-state index contributed by atoms with van der Waals surface area (Å²) < 4.78 is 0.965. The number of nitro benzene ring substituents is 1. The molecule has 102 valence electrons. The lowest BCUT2D eigenvalue weighted by Gasteiger charge is -1.98. The largest absolute Gasteiger partial charge is 0.289 e. The minimum absolute atomic E-state index is 0.0114. The zero-order valence-corrected chi connectivity index (χ0v) is 13.0. The molecule has 0 atom stereocenters. The highest BCUT2D eigenvalue weighted by molar-refractivity contribution is 9.11. The van der Waals surface area contributed by atoms with Gasteiger partial charge in [-0.15, -0.1) is 11.3 Å². The van der Waals surface area contributed by atoms with E-state index >= 15 is 0 Å². The molecule has 0 unspecified atom stereocenters. The molecule has 0 aliphatic heterocycles. The van der Waals surface area contributed by atoms with Crippen molar-refractivity contribution in [3.05, 3.63) is 65.8 Å². The number of halogens is 2. The number of nitro groups is 1. The van der Waals surface area contributed by atoms with E-state index in [0.717, 1.165) is 9.35 Å². The fourth-order valence-electron chi connectivity index (χ4n) is 1.48. The number of carbonyl (C=O) groups is 1. The van der Waals surface area contributed by atoms with Crippen LogP contribution in [-0.2, 0) is 0 Å². The van der Waals surface area contributed by atoms with Crippen molar-refractivity contribution in [2.75, 3.05) is 0 Å². The van der Waals surface area contributed by atoms with Crippen molar-refractivity contribution in [1.82, 2.24) is 0 Å². The SMILES string of the molecule is O=C(/C=C/c1csc(Br)c1)c1ccc(Cl)c([N+](=O)[O-])c1. The summed E-state index contributed by atoms with van der Waals surface area (Å²) in [4.78, 5) is 22.1. The Kier molecular flexibility index (Phi) is 4.69. The highest BCUT2D eigenvalue weighted by Gasteiger charge is 2.14. The Hall–Kier alpha value is -1.50. The molecule has 7 heteroatoms. The second-order valence-electron chi connectivity index (χ2n) is 3.81. The molecule has 0 amide bonds. The van der Waals surface area contributed by atoms with Crippen LogP contribution in [0.1, 0.15) is 15.9 Å². The number of hydrogen-bond donors (Lipinski definition) is 0. The van der Waals surface area contributed by atoms with Crippen molar-refractivity contribution < 1.29 is 9.72 Å². The average Bonchev–Trinajstić information content (AvgIpc) is 2.82. The van der Waals surface area contributed by atoms with Gasteiger partial charge < -0.3 is 0 Å². The van der Waals surface area contributed by atoms with Crippen molar-refractivity contribution >= 4 is 56.4 Å². The minimum atomic E-state index is -0.612. The van der Waals surface area contributed by atoms with E-state index in [9.17, 15) is 14.9 Å². The molecule has 1 aromatic heterocycles. The van der Waals surface area contributed by atoms with Crippen LogP contribution in [0.5, 0.6) is 0 Å². The van der Waals surface area contributed by atoms with Gasteiger partial charge in [-0.05, 0) is 51.1 Å². The first kappa shape index (κ1) is 14.9. The van der Waals surface area contributed by atoms with Crippen molar-refractivity contribution in [2.45, 2.75) is 0 Å². The maximum absolute atomic E-state index is 12.0. The molecule has 1 aromatic carbocycles. The Morgan fingerprint density at radius 1 is 1.40 bits per heavy atom. The first-order valence-corrected chi connectivity index (χ1v) is 7.43. The summed E-state index contributed by atoms with van der Waals surface area (Å²) in [5, 5.41) is 12.7. The monoisotopic (exact) mass is 371 g/mol. The summed E-state index contributed by atoms with van der Waals surface area (Å²) in [6.07, 6.45) is 3.03. The van der Waals surface area contributed by atoms with E-state index in [1.165, 1.54) is 35.6 Å². The van der Waals surface area contributed by atoms with Gasteiger partial charge in [-0.2, -0.15) is 0 Å². The maximum atomic E-state index is 12.0. The van der Waals surface area contributed by atoms with Crippen molar-refractivity contribution in [3.63, 3.8) is 0 Å². The van der Waals surface area contributed by atoms with E-state index in [-0.39, 0.29) is 22.1 Å². The van der Waals surface area contributed by atoms with Crippen molar-refractivity contribution in [3.8, 4) is 0 Å². The molecule has 0 saturated heterocycles. The molecule has 1 heterocycles. The quantitative estimate of drug-likeness (QED) is 0.329. The van der Waals surface area contributed by atoms with Crippen molar-refractivity contribution in [1.29, 1.82) is 0 Å². The van der Waals surface area contributed by atoms with Crippen molar-refractivity contribution in [2.24, 2.45) is 0 Å². The second-order valence-corrected chi connectivity index (χ2v) is 6.50. The zero-order chi connectivity index (χ0) is 14.7. The fraction of sp³-hybridized carbons (Fsp3) is 0. The third-order valence-electron chi connectivity index (χ3n) is 2.44. The summed E-state index contributed by atoms with van der Waals surface area (Å²) in [7, 11) is 0. The van der Waals surface area contributed by atoms with Gasteiger partial charge in [-0.25, -0.2) is 0 Å². The van der Waals surface area contributed by atoms with Crippen LogP contribution >= 0.6 is 38.9 Å². The van der Waals surface area contributed by atoms with Crippen LogP contribution < -0.4 is 0 Å². The van der Waals surface area contributed by atoms with Crippen LogP contribution in [0.15, 0.2) is 39.5 Å². The van der Waals surface area contributed by atoms with E-state index in [2.05, 4.69) is 15.9 Å². The van der Waals surface area contributed by atoms with Gasteiger partial charge in [0.05, 0.1) is 8.71 Å². The van der Waals surface area contributed by atoms with Gasteiger partial charge in [0.25, 0.3) is 5.69 Å². The van der Waals surface area contributed by atoms with E-state index in [4.69, 9.17) is 11.6 Å². The number of rotatable bonds is 4. The molecule has 0 aliphatic carbocycles. The molecule has 0 radical (unpaired) electrons. The van der Waals surface area contributed by atoms with Gasteiger partial charge >= 0.3 is 0 Å². The Morgan fingerprint density at radius 2 is 2.15 bits per heavy atom. The molecule has 20 heavy (non-hydrogen) atoms. The molecule has 2 aromatic rings. The molecule has 0 aliphatic rings. The smallest absolute Gasteiger partial charge is 0.288 e. The molecular formula is C13H7BrClNO3S. The lowest BCUT2D eigenvalue weighted by molar-refractivity contribution is -0.384. The molecular weight excluding hydrogens is 366 g/mol. The molecule has 0 spiro atoms. The van der Waals surface area contributed by atoms with Crippen LogP contribution in [0, 0.1) is 10.1 Å². The molecule has 0 bridgehead atoms. The minimum Gasteiger partial charge on any atom is -0.289 e. The highest BCUT2D eigenvalue weighted by atomic mass is 79.9. The number of allylic oxidation sites excluding steroid dienone is 1. The van der Waals surface area contributed by atoms with E-state index in [0.29, 0.717) is 0 Å².